The zero-order valence-electron chi connectivity index (χ0n) is 23.8. The van der Waals surface area contributed by atoms with Crippen molar-refractivity contribution in [3.63, 3.8) is 0 Å². The normalized spacial score (nSPS) is 12.9. The summed E-state index contributed by atoms with van der Waals surface area (Å²) in [6.45, 7) is 20.0. The van der Waals surface area contributed by atoms with Crippen LogP contribution in [-0.2, 0) is 28.6 Å². The van der Waals surface area contributed by atoms with Crippen LogP contribution in [0.4, 0.5) is 0 Å². The summed E-state index contributed by atoms with van der Waals surface area (Å²) in [6, 6.07) is 0. The van der Waals surface area contributed by atoms with Gasteiger partial charge in [0.1, 0.15) is 6.61 Å². The van der Waals surface area contributed by atoms with Crippen LogP contribution in [0.25, 0.3) is 0 Å². The molecule has 7 nitrogen and oxygen atoms in total. The Morgan fingerprint density at radius 2 is 1.15 bits per heavy atom. The van der Waals surface area contributed by atoms with Gasteiger partial charge in [-0.25, -0.2) is 0 Å². The number of esters is 3. The second-order valence-electron chi connectivity index (χ2n) is 9.60. The highest BCUT2D eigenvalue weighted by Gasteiger charge is 2.48. The van der Waals surface area contributed by atoms with Crippen LogP contribution in [0.3, 0.4) is 0 Å². The van der Waals surface area contributed by atoms with E-state index in [4.69, 9.17) is 14.2 Å². The molecular weight excluding hydrogens is 422 g/mol. The van der Waals surface area contributed by atoms with Gasteiger partial charge in [0.25, 0.3) is 0 Å². The highest BCUT2D eigenvalue weighted by molar-refractivity contribution is 5.82. The number of carbonyl (C=O) groups excluding carboxylic acids is 3. The lowest BCUT2D eigenvalue weighted by atomic mass is 9.66. The topological polar surface area (TPSA) is 82.1 Å². The molecule has 0 amide bonds. The van der Waals surface area contributed by atoms with Crippen molar-refractivity contribution in [1.29, 1.82) is 0 Å². The van der Waals surface area contributed by atoms with E-state index in [-0.39, 0.29) is 25.4 Å². The first-order chi connectivity index (χ1) is 15.2. The first kappa shape index (κ1) is 35.9. The van der Waals surface area contributed by atoms with Crippen molar-refractivity contribution in [2.75, 3.05) is 41.0 Å². The van der Waals surface area contributed by atoms with Crippen LogP contribution in [0.5, 0.6) is 0 Å². The van der Waals surface area contributed by atoms with Crippen LogP contribution in [0.2, 0.25) is 0 Å². The molecule has 0 fully saturated rings. The van der Waals surface area contributed by atoms with Gasteiger partial charge in [-0.05, 0) is 68.0 Å². The van der Waals surface area contributed by atoms with Gasteiger partial charge in [0.2, 0.25) is 0 Å². The summed E-state index contributed by atoms with van der Waals surface area (Å²) in [4.78, 5) is 39.8. The van der Waals surface area contributed by atoms with Crippen LogP contribution in [0, 0.1) is 16.2 Å². The third-order valence-corrected chi connectivity index (χ3v) is 4.95. The first-order valence-corrected chi connectivity index (χ1v) is 12.3. The van der Waals surface area contributed by atoms with E-state index in [0.717, 1.165) is 12.8 Å². The first-order valence-electron chi connectivity index (χ1n) is 12.3. The third kappa shape index (κ3) is 14.3. The fourth-order valence-corrected chi connectivity index (χ4v) is 3.58. The summed E-state index contributed by atoms with van der Waals surface area (Å²) in [5, 5.41) is 0. The van der Waals surface area contributed by atoms with Gasteiger partial charge in [0.15, 0.2) is 0 Å². The minimum absolute atomic E-state index is 0.200. The standard InChI is InChI=1S/C22H41NO6.2C2H6/c1-10-11-13-28-19(26)22(6,15-20(2,3)17(24)27-9)16-21(4,5)18(25)29-14-12-23(7)8;2*1-2/h10-16H2,1-9H3;2*1-2H3. The predicted octanol–water partition coefficient (Wildman–Crippen LogP) is 5.50. The van der Waals surface area contributed by atoms with Gasteiger partial charge in [-0.2, -0.15) is 0 Å². The van der Waals surface area contributed by atoms with Crippen LogP contribution in [0.15, 0.2) is 0 Å². The highest BCUT2D eigenvalue weighted by Crippen LogP contribution is 2.44. The molecular formula is C26H53NO6. The Hall–Kier alpha value is -1.63. The van der Waals surface area contributed by atoms with Crippen molar-refractivity contribution in [3.8, 4) is 0 Å². The molecule has 0 aromatic carbocycles. The van der Waals surface area contributed by atoms with E-state index in [9.17, 15) is 14.4 Å². The highest BCUT2D eigenvalue weighted by atomic mass is 16.5. The summed E-state index contributed by atoms with van der Waals surface area (Å²) >= 11 is 0. The molecule has 0 bridgehead atoms. The van der Waals surface area contributed by atoms with Crippen molar-refractivity contribution >= 4 is 17.9 Å². The van der Waals surface area contributed by atoms with Gasteiger partial charge in [-0.1, -0.05) is 41.0 Å². The summed E-state index contributed by atoms with van der Waals surface area (Å²) in [6.07, 6.45) is 2.07. The molecule has 0 aromatic heterocycles. The fourth-order valence-electron chi connectivity index (χ4n) is 3.58. The van der Waals surface area contributed by atoms with E-state index in [2.05, 4.69) is 0 Å². The average molecular weight is 476 g/mol. The van der Waals surface area contributed by atoms with Crippen molar-refractivity contribution < 1.29 is 28.6 Å². The Morgan fingerprint density at radius 3 is 1.55 bits per heavy atom. The van der Waals surface area contributed by atoms with Gasteiger partial charge in [0, 0.05) is 6.54 Å². The van der Waals surface area contributed by atoms with Gasteiger partial charge >= 0.3 is 17.9 Å². The summed E-state index contributed by atoms with van der Waals surface area (Å²) < 4.78 is 15.8. The van der Waals surface area contributed by atoms with Crippen molar-refractivity contribution in [1.82, 2.24) is 4.90 Å². The van der Waals surface area contributed by atoms with Crippen molar-refractivity contribution in [2.45, 2.75) is 94.9 Å². The third-order valence-electron chi connectivity index (χ3n) is 4.95. The molecule has 0 aromatic rings. The summed E-state index contributed by atoms with van der Waals surface area (Å²) in [5.41, 5.74) is -2.87. The molecule has 198 valence electrons. The van der Waals surface area contributed by atoms with E-state index >= 15 is 0 Å². The van der Waals surface area contributed by atoms with Crippen LogP contribution >= 0.6 is 0 Å². The number of rotatable bonds is 13. The minimum Gasteiger partial charge on any atom is -0.469 e. The van der Waals surface area contributed by atoms with Gasteiger partial charge in [-0.15, -0.1) is 0 Å². The van der Waals surface area contributed by atoms with Gasteiger partial charge in [0.05, 0.1) is 30.0 Å². The number of methoxy groups -OCH3 is 1. The smallest absolute Gasteiger partial charge is 0.311 e. The molecule has 7 heteroatoms. The molecule has 0 saturated heterocycles. The number of nitrogens with zero attached hydrogens (tertiary/aromatic N) is 1. The van der Waals surface area contributed by atoms with Gasteiger partial charge in [-0.3, -0.25) is 14.4 Å². The Balaban J connectivity index is -0.00000212. The number of likely N-dealkylation sites (N-methyl/N-ethyl adjacent to an activating group) is 1. The summed E-state index contributed by atoms with van der Waals surface area (Å²) in [7, 11) is 5.13. The maximum Gasteiger partial charge on any atom is 0.311 e. The van der Waals surface area contributed by atoms with Crippen molar-refractivity contribution in [3.05, 3.63) is 0 Å². The zero-order valence-corrected chi connectivity index (χ0v) is 23.8. The molecule has 0 saturated carbocycles. The Bertz CT molecular complexity index is 557. The summed E-state index contributed by atoms with van der Waals surface area (Å²) in [5.74, 6) is -1.18. The fraction of sp³-hybridized carbons (Fsp3) is 0.885. The largest absolute Gasteiger partial charge is 0.469 e. The number of hydrogen-bond acceptors (Lipinski definition) is 7. The van der Waals surface area contributed by atoms with E-state index < -0.39 is 28.2 Å². The SMILES string of the molecule is CC.CC.CCCCOC(=O)C(C)(CC(C)(C)C(=O)OC)CC(C)(C)C(=O)OCCN(C)C. The predicted molar refractivity (Wildman–Crippen MR) is 135 cm³/mol. The molecule has 0 heterocycles. The lowest BCUT2D eigenvalue weighted by Gasteiger charge is -2.38. The lowest BCUT2D eigenvalue weighted by molar-refractivity contribution is -0.167. The zero-order chi connectivity index (χ0) is 26.9. The van der Waals surface area contributed by atoms with Crippen LogP contribution in [0.1, 0.15) is 94.9 Å². The van der Waals surface area contributed by atoms with Crippen LogP contribution < -0.4 is 0 Å². The Morgan fingerprint density at radius 1 is 0.727 bits per heavy atom. The van der Waals surface area contributed by atoms with Gasteiger partial charge < -0.3 is 19.1 Å². The number of unbranched alkanes of at least 4 members (excludes halogenated alkanes) is 1. The molecule has 1 atom stereocenters. The average Bonchev–Trinajstić information content (AvgIpc) is 2.74. The Labute approximate surface area is 203 Å². The van der Waals surface area contributed by atoms with E-state index in [1.54, 1.807) is 34.6 Å². The minimum atomic E-state index is -1.05. The number of carbonyl (C=O) groups is 3. The van der Waals surface area contributed by atoms with E-state index in [1.807, 2.05) is 53.6 Å². The van der Waals surface area contributed by atoms with E-state index in [1.165, 1.54) is 7.11 Å². The maximum atomic E-state index is 13.0. The maximum absolute atomic E-state index is 13.0. The second kappa shape index (κ2) is 17.8. The second-order valence-corrected chi connectivity index (χ2v) is 9.60. The molecule has 0 spiro atoms. The monoisotopic (exact) mass is 475 g/mol. The molecule has 0 N–H and O–H groups in total. The molecule has 1 unspecified atom stereocenters. The van der Waals surface area contributed by atoms with E-state index in [0.29, 0.717) is 13.2 Å². The molecule has 33 heavy (non-hydrogen) atoms. The van der Waals surface area contributed by atoms with Crippen molar-refractivity contribution in [2.24, 2.45) is 16.2 Å². The number of ether oxygens (including phenoxy) is 3. The molecule has 0 radical (unpaired) electrons. The molecule has 0 aliphatic heterocycles. The lowest BCUT2D eigenvalue weighted by Crippen LogP contribution is -2.43. The Kier molecular flexibility index (Phi) is 19.4. The van der Waals surface area contributed by atoms with Crippen LogP contribution in [-0.4, -0.2) is 63.8 Å². The molecule has 0 rings (SSSR count). The quantitative estimate of drug-likeness (QED) is 0.198. The molecule has 0 aliphatic carbocycles. The molecule has 0 aliphatic rings. The number of hydrogen-bond donors (Lipinski definition) is 0.